The zero-order valence-electron chi connectivity index (χ0n) is 9.06. The van der Waals surface area contributed by atoms with E-state index in [0.717, 1.165) is 5.56 Å². The highest BCUT2D eigenvalue weighted by molar-refractivity contribution is 7.93. The molecule has 0 saturated carbocycles. The Hall–Kier alpha value is -1.74. The van der Waals surface area contributed by atoms with Crippen molar-refractivity contribution in [2.75, 3.05) is 10.5 Å². The first-order valence-corrected chi connectivity index (χ1v) is 6.19. The molecule has 0 fully saturated rings. The van der Waals surface area contributed by atoms with Gasteiger partial charge in [0, 0.05) is 0 Å². The maximum Gasteiger partial charge on any atom is 0.248 e. The van der Waals surface area contributed by atoms with Crippen molar-refractivity contribution in [2.45, 2.75) is 19.1 Å². The van der Waals surface area contributed by atoms with Gasteiger partial charge in [0.1, 0.15) is 0 Å². The Balaban J connectivity index is 3.03. The monoisotopic (exact) mass is 239 g/mol. The minimum absolute atomic E-state index is 0.299. The molecule has 0 saturated heterocycles. The first kappa shape index (κ1) is 12.3. The molecule has 0 radical (unpaired) electrons. The second-order valence-electron chi connectivity index (χ2n) is 3.51. The predicted molar refractivity (Wildman–Crippen MR) is 63.2 cm³/mol. The summed E-state index contributed by atoms with van der Waals surface area (Å²) in [7, 11) is -3.69. The van der Waals surface area contributed by atoms with Crippen LogP contribution >= 0.6 is 0 Å². The standard InChI is InChI=1S/C10H13N3O2S/c1-7-3-4-10(9(12)5-7)13-16(14,15)8(2)6-11/h3-5,8,13H,12H2,1-2H3. The van der Waals surface area contributed by atoms with E-state index < -0.39 is 15.3 Å². The molecule has 6 heteroatoms. The summed E-state index contributed by atoms with van der Waals surface area (Å²) in [6.45, 7) is 3.17. The van der Waals surface area contributed by atoms with Gasteiger partial charge < -0.3 is 5.73 Å². The molecule has 1 atom stereocenters. The summed E-state index contributed by atoms with van der Waals surface area (Å²) < 4.78 is 25.4. The van der Waals surface area contributed by atoms with E-state index in [9.17, 15) is 8.42 Å². The summed E-state index contributed by atoms with van der Waals surface area (Å²) in [5, 5.41) is 7.44. The fourth-order valence-electron chi connectivity index (χ4n) is 1.09. The molecule has 1 unspecified atom stereocenters. The van der Waals surface area contributed by atoms with E-state index in [1.165, 1.54) is 6.92 Å². The van der Waals surface area contributed by atoms with Gasteiger partial charge in [0.25, 0.3) is 0 Å². The van der Waals surface area contributed by atoms with Crippen LogP contribution in [-0.4, -0.2) is 13.7 Å². The van der Waals surface area contributed by atoms with Crippen molar-refractivity contribution in [1.82, 2.24) is 0 Å². The van der Waals surface area contributed by atoms with Crippen LogP contribution in [0.1, 0.15) is 12.5 Å². The van der Waals surface area contributed by atoms with Crippen LogP contribution in [-0.2, 0) is 10.0 Å². The van der Waals surface area contributed by atoms with Gasteiger partial charge >= 0.3 is 0 Å². The van der Waals surface area contributed by atoms with Gasteiger partial charge in [-0.1, -0.05) is 6.07 Å². The molecule has 1 aromatic rings. The third-order valence-electron chi connectivity index (χ3n) is 2.11. The number of nitrogens with zero attached hydrogens (tertiary/aromatic N) is 1. The van der Waals surface area contributed by atoms with Crippen molar-refractivity contribution in [1.29, 1.82) is 5.26 Å². The number of rotatable bonds is 3. The van der Waals surface area contributed by atoms with E-state index in [0.29, 0.717) is 11.4 Å². The summed E-state index contributed by atoms with van der Waals surface area (Å²) in [5.74, 6) is 0. The highest BCUT2D eigenvalue weighted by atomic mass is 32.2. The van der Waals surface area contributed by atoms with Gasteiger partial charge in [-0.2, -0.15) is 5.26 Å². The number of sulfonamides is 1. The Morgan fingerprint density at radius 2 is 2.12 bits per heavy atom. The number of anilines is 2. The Labute approximate surface area is 94.9 Å². The van der Waals surface area contributed by atoms with Crippen molar-refractivity contribution in [3.63, 3.8) is 0 Å². The number of nitrogens with one attached hydrogen (secondary N) is 1. The van der Waals surface area contributed by atoms with E-state index in [1.54, 1.807) is 24.3 Å². The van der Waals surface area contributed by atoms with Crippen LogP contribution in [0.25, 0.3) is 0 Å². The molecule has 3 N–H and O–H groups in total. The van der Waals surface area contributed by atoms with Crippen molar-refractivity contribution in [3.05, 3.63) is 23.8 Å². The average molecular weight is 239 g/mol. The number of nitrogens with two attached hydrogens (primary N) is 1. The molecule has 86 valence electrons. The lowest BCUT2D eigenvalue weighted by molar-refractivity contribution is 0.597. The fraction of sp³-hybridized carbons (Fsp3) is 0.300. The van der Waals surface area contributed by atoms with Crippen molar-refractivity contribution >= 4 is 21.4 Å². The lowest BCUT2D eigenvalue weighted by Crippen LogP contribution is -2.24. The second-order valence-corrected chi connectivity index (χ2v) is 5.51. The summed E-state index contributed by atoms with van der Waals surface area (Å²) in [6, 6.07) is 6.64. The maximum absolute atomic E-state index is 11.6. The smallest absolute Gasteiger partial charge is 0.248 e. The van der Waals surface area contributed by atoms with Crippen molar-refractivity contribution in [2.24, 2.45) is 0 Å². The number of aryl methyl sites for hydroxylation is 1. The molecule has 16 heavy (non-hydrogen) atoms. The molecule has 0 heterocycles. The lowest BCUT2D eigenvalue weighted by atomic mass is 10.2. The van der Waals surface area contributed by atoms with E-state index >= 15 is 0 Å². The van der Waals surface area contributed by atoms with Crippen LogP contribution in [0.3, 0.4) is 0 Å². The van der Waals surface area contributed by atoms with E-state index in [1.807, 2.05) is 6.92 Å². The summed E-state index contributed by atoms with van der Waals surface area (Å²) in [5.41, 5.74) is 7.24. The molecule has 0 aliphatic heterocycles. The third kappa shape index (κ3) is 2.64. The summed E-state index contributed by atoms with van der Waals surface area (Å²) >= 11 is 0. The third-order valence-corrected chi connectivity index (χ3v) is 3.65. The molecule has 1 aromatic carbocycles. The van der Waals surface area contributed by atoms with Gasteiger partial charge in [0.2, 0.25) is 10.0 Å². The van der Waals surface area contributed by atoms with Crippen LogP contribution in [0, 0.1) is 18.3 Å². The Bertz CT molecular complexity index is 531. The van der Waals surface area contributed by atoms with Crippen LogP contribution in [0.4, 0.5) is 11.4 Å². The SMILES string of the molecule is Cc1ccc(NS(=O)(=O)C(C)C#N)c(N)c1. The molecular formula is C10H13N3O2S. The van der Waals surface area contributed by atoms with Gasteiger partial charge in [-0.3, -0.25) is 4.72 Å². The first-order valence-electron chi connectivity index (χ1n) is 4.64. The molecule has 5 nitrogen and oxygen atoms in total. The molecule has 0 aliphatic rings. The molecule has 0 bridgehead atoms. The van der Waals surface area contributed by atoms with Gasteiger partial charge in [-0.15, -0.1) is 0 Å². The topological polar surface area (TPSA) is 96.0 Å². The molecule has 0 aromatic heterocycles. The lowest BCUT2D eigenvalue weighted by Gasteiger charge is -2.11. The Kier molecular flexibility index (Phi) is 3.40. The van der Waals surface area contributed by atoms with E-state index in [-0.39, 0.29) is 0 Å². The molecular weight excluding hydrogens is 226 g/mol. The van der Waals surface area contributed by atoms with Crippen LogP contribution in [0.2, 0.25) is 0 Å². The summed E-state index contributed by atoms with van der Waals surface area (Å²) in [4.78, 5) is 0. The fourth-order valence-corrected chi connectivity index (χ4v) is 1.89. The van der Waals surface area contributed by atoms with Crippen molar-refractivity contribution in [3.8, 4) is 6.07 Å². The van der Waals surface area contributed by atoms with Crippen LogP contribution in [0.15, 0.2) is 18.2 Å². The van der Waals surface area contributed by atoms with Crippen molar-refractivity contribution < 1.29 is 8.42 Å². The van der Waals surface area contributed by atoms with Gasteiger partial charge in [-0.25, -0.2) is 8.42 Å². The Morgan fingerprint density at radius 1 is 1.50 bits per heavy atom. The van der Waals surface area contributed by atoms with Gasteiger partial charge in [-0.05, 0) is 31.5 Å². The number of nitriles is 1. The normalized spacial score (nSPS) is 12.8. The number of nitrogen functional groups attached to an aromatic ring is 1. The molecule has 0 amide bonds. The summed E-state index contributed by atoms with van der Waals surface area (Å²) in [6.07, 6.45) is 0. The van der Waals surface area contributed by atoms with Crippen LogP contribution < -0.4 is 10.5 Å². The highest BCUT2D eigenvalue weighted by Crippen LogP contribution is 2.21. The minimum Gasteiger partial charge on any atom is -0.397 e. The molecule has 0 aliphatic carbocycles. The second kappa shape index (κ2) is 4.41. The van der Waals surface area contributed by atoms with Gasteiger partial charge in [0.05, 0.1) is 17.4 Å². The average Bonchev–Trinajstić information content (AvgIpc) is 2.21. The number of hydrogen-bond acceptors (Lipinski definition) is 4. The molecule has 0 spiro atoms. The number of hydrogen-bond donors (Lipinski definition) is 2. The maximum atomic E-state index is 11.6. The largest absolute Gasteiger partial charge is 0.397 e. The highest BCUT2D eigenvalue weighted by Gasteiger charge is 2.20. The Morgan fingerprint density at radius 3 is 2.62 bits per heavy atom. The van der Waals surface area contributed by atoms with E-state index in [2.05, 4.69) is 4.72 Å². The quantitative estimate of drug-likeness (QED) is 0.775. The predicted octanol–water partition coefficient (Wildman–Crippen LogP) is 1.23. The zero-order chi connectivity index (χ0) is 12.3. The zero-order valence-corrected chi connectivity index (χ0v) is 9.88. The van der Waals surface area contributed by atoms with E-state index in [4.69, 9.17) is 11.0 Å². The molecule has 1 rings (SSSR count). The first-order chi connectivity index (χ1) is 7.36. The van der Waals surface area contributed by atoms with Crippen LogP contribution in [0.5, 0.6) is 0 Å². The minimum atomic E-state index is -3.69. The van der Waals surface area contributed by atoms with Gasteiger partial charge in [0.15, 0.2) is 5.25 Å². The number of benzene rings is 1.